The Morgan fingerprint density at radius 3 is 2.70 bits per heavy atom. The summed E-state index contributed by atoms with van der Waals surface area (Å²) < 4.78 is 7.55. The maximum Gasteiger partial charge on any atom is 0.271 e. The van der Waals surface area contributed by atoms with Crippen LogP contribution >= 0.6 is 22.9 Å². The SMILES string of the molecule is COc1ccc(/C=c2\sc3n(c2=O)CN(c2ccc(C)c(Cl)c2)CN=3)cc1. The van der Waals surface area contributed by atoms with Crippen LogP contribution < -0.4 is 24.5 Å². The largest absolute Gasteiger partial charge is 0.497 e. The molecule has 0 spiro atoms. The summed E-state index contributed by atoms with van der Waals surface area (Å²) in [6.07, 6.45) is 1.89. The first-order valence-electron chi connectivity index (χ1n) is 8.46. The number of thiazole rings is 1. The number of ether oxygens (including phenoxy) is 1. The molecule has 0 atom stereocenters. The number of nitrogens with zero attached hydrogens (tertiary/aromatic N) is 3. The third-order valence-corrected chi connectivity index (χ3v) is 5.96. The van der Waals surface area contributed by atoms with E-state index in [1.807, 2.05) is 60.4 Å². The van der Waals surface area contributed by atoms with E-state index in [4.69, 9.17) is 16.3 Å². The van der Waals surface area contributed by atoms with Crippen molar-refractivity contribution in [2.24, 2.45) is 4.99 Å². The second-order valence-electron chi connectivity index (χ2n) is 6.31. The van der Waals surface area contributed by atoms with Gasteiger partial charge >= 0.3 is 0 Å². The van der Waals surface area contributed by atoms with Gasteiger partial charge in [-0.25, -0.2) is 4.99 Å². The molecule has 0 saturated heterocycles. The van der Waals surface area contributed by atoms with E-state index in [1.165, 1.54) is 11.3 Å². The zero-order valence-corrected chi connectivity index (χ0v) is 16.5. The summed E-state index contributed by atoms with van der Waals surface area (Å²) in [7, 11) is 1.63. The minimum absolute atomic E-state index is 0.0301. The van der Waals surface area contributed by atoms with Gasteiger partial charge in [0, 0.05) is 10.7 Å². The highest BCUT2D eigenvalue weighted by atomic mass is 35.5. The molecule has 0 saturated carbocycles. The molecule has 1 aliphatic heterocycles. The van der Waals surface area contributed by atoms with Crippen LogP contribution in [0.1, 0.15) is 11.1 Å². The summed E-state index contributed by atoms with van der Waals surface area (Å²) in [6, 6.07) is 13.5. The molecule has 5 nitrogen and oxygen atoms in total. The fourth-order valence-electron chi connectivity index (χ4n) is 2.91. The van der Waals surface area contributed by atoms with Gasteiger partial charge in [0.2, 0.25) is 0 Å². The Bertz CT molecular complexity index is 1170. The first kappa shape index (κ1) is 17.8. The van der Waals surface area contributed by atoms with E-state index in [0.717, 1.165) is 27.4 Å². The Morgan fingerprint density at radius 1 is 1.22 bits per heavy atom. The average molecular weight is 400 g/mol. The molecular weight excluding hydrogens is 382 g/mol. The van der Waals surface area contributed by atoms with Gasteiger partial charge in [0.1, 0.15) is 19.1 Å². The molecule has 0 aliphatic carbocycles. The van der Waals surface area contributed by atoms with Crippen LogP contribution in [0.4, 0.5) is 5.69 Å². The normalized spacial score (nSPS) is 14.0. The molecule has 0 radical (unpaired) electrons. The lowest BCUT2D eigenvalue weighted by molar-refractivity contribution is 0.415. The Balaban J connectivity index is 1.68. The number of anilines is 1. The number of hydrogen-bond donors (Lipinski definition) is 0. The van der Waals surface area contributed by atoms with E-state index in [-0.39, 0.29) is 5.56 Å². The quantitative estimate of drug-likeness (QED) is 0.680. The second-order valence-corrected chi connectivity index (χ2v) is 7.73. The second kappa shape index (κ2) is 7.21. The number of aryl methyl sites for hydroxylation is 1. The number of halogens is 1. The number of methoxy groups -OCH3 is 1. The smallest absolute Gasteiger partial charge is 0.271 e. The van der Waals surface area contributed by atoms with Gasteiger partial charge in [-0.15, -0.1) is 0 Å². The van der Waals surface area contributed by atoms with Gasteiger partial charge in [-0.3, -0.25) is 9.36 Å². The molecule has 0 fully saturated rings. The average Bonchev–Trinajstić information content (AvgIpc) is 2.99. The van der Waals surface area contributed by atoms with Crippen LogP contribution in [-0.2, 0) is 6.67 Å². The Kier molecular flexibility index (Phi) is 4.76. The molecule has 4 rings (SSSR count). The predicted octanol–water partition coefficient (Wildman–Crippen LogP) is 2.76. The van der Waals surface area contributed by atoms with Crippen LogP contribution in [0.25, 0.3) is 6.08 Å². The Labute approximate surface area is 165 Å². The molecular formula is C20H18ClN3O2S. The minimum Gasteiger partial charge on any atom is -0.497 e. The van der Waals surface area contributed by atoms with Crippen molar-refractivity contribution in [1.82, 2.24) is 4.57 Å². The van der Waals surface area contributed by atoms with Crippen LogP contribution in [-0.4, -0.2) is 18.3 Å². The maximum absolute atomic E-state index is 12.8. The lowest BCUT2D eigenvalue weighted by atomic mass is 10.2. The molecule has 3 aromatic rings. The standard InChI is InChI=1S/C20H18ClN3O2S/c1-13-3-6-15(10-17(13)21)23-11-22-20-24(12-23)19(25)18(27-20)9-14-4-7-16(26-2)8-5-14/h3-10H,11-12H2,1-2H3/b18-9-. The summed E-state index contributed by atoms with van der Waals surface area (Å²) in [6.45, 7) is 2.93. The summed E-state index contributed by atoms with van der Waals surface area (Å²) in [5.41, 5.74) is 2.91. The van der Waals surface area contributed by atoms with Gasteiger partial charge in [-0.1, -0.05) is 41.1 Å². The molecule has 138 valence electrons. The van der Waals surface area contributed by atoms with Gasteiger partial charge in [-0.2, -0.15) is 0 Å². The molecule has 0 bridgehead atoms. The third-order valence-electron chi connectivity index (χ3n) is 4.51. The molecule has 0 unspecified atom stereocenters. The van der Waals surface area contributed by atoms with Crippen molar-refractivity contribution in [2.75, 3.05) is 18.7 Å². The van der Waals surface area contributed by atoms with E-state index >= 15 is 0 Å². The fourth-order valence-corrected chi connectivity index (χ4v) is 4.04. The monoisotopic (exact) mass is 399 g/mol. The highest BCUT2D eigenvalue weighted by Crippen LogP contribution is 2.23. The number of aromatic nitrogens is 1. The van der Waals surface area contributed by atoms with Crippen LogP contribution in [0, 0.1) is 6.92 Å². The van der Waals surface area contributed by atoms with Crippen molar-refractivity contribution >= 4 is 34.7 Å². The van der Waals surface area contributed by atoms with E-state index < -0.39 is 0 Å². The maximum atomic E-state index is 12.8. The minimum atomic E-state index is -0.0301. The molecule has 1 aliphatic rings. The zero-order chi connectivity index (χ0) is 19.0. The van der Waals surface area contributed by atoms with Crippen molar-refractivity contribution in [3.63, 3.8) is 0 Å². The lowest BCUT2D eigenvalue weighted by Gasteiger charge is -2.26. The Morgan fingerprint density at radius 2 is 2.00 bits per heavy atom. The van der Waals surface area contributed by atoms with E-state index in [9.17, 15) is 4.79 Å². The molecule has 0 amide bonds. The summed E-state index contributed by atoms with van der Waals surface area (Å²) >= 11 is 7.66. The summed E-state index contributed by atoms with van der Waals surface area (Å²) in [5, 5.41) is 0.712. The number of fused-ring (bicyclic) bond motifs is 1. The van der Waals surface area contributed by atoms with E-state index in [0.29, 0.717) is 22.9 Å². The van der Waals surface area contributed by atoms with Gasteiger partial charge < -0.3 is 9.64 Å². The first-order valence-corrected chi connectivity index (χ1v) is 9.65. The molecule has 2 aromatic carbocycles. The van der Waals surface area contributed by atoms with Crippen LogP contribution in [0.15, 0.2) is 52.3 Å². The molecule has 27 heavy (non-hydrogen) atoms. The lowest BCUT2D eigenvalue weighted by Crippen LogP contribution is -2.42. The van der Waals surface area contributed by atoms with Crippen molar-refractivity contribution in [1.29, 1.82) is 0 Å². The van der Waals surface area contributed by atoms with Crippen LogP contribution in [0.5, 0.6) is 5.75 Å². The Hall–Kier alpha value is -2.57. The first-order chi connectivity index (χ1) is 13.0. The van der Waals surface area contributed by atoms with Gasteiger partial charge in [0.15, 0.2) is 4.80 Å². The van der Waals surface area contributed by atoms with Crippen LogP contribution in [0.3, 0.4) is 0 Å². The number of rotatable bonds is 3. The summed E-state index contributed by atoms with van der Waals surface area (Å²) in [4.78, 5) is 20.2. The zero-order valence-electron chi connectivity index (χ0n) is 15.0. The highest BCUT2D eigenvalue weighted by Gasteiger charge is 2.16. The van der Waals surface area contributed by atoms with E-state index in [1.54, 1.807) is 11.7 Å². The molecule has 1 aromatic heterocycles. The molecule has 7 heteroatoms. The predicted molar refractivity (Wildman–Crippen MR) is 109 cm³/mol. The van der Waals surface area contributed by atoms with Crippen LogP contribution in [0.2, 0.25) is 5.02 Å². The fraction of sp³-hybridized carbons (Fsp3) is 0.200. The molecule has 2 heterocycles. The topological polar surface area (TPSA) is 46.8 Å². The van der Waals surface area contributed by atoms with E-state index in [2.05, 4.69) is 4.99 Å². The summed E-state index contributed by atoms with van der Waals surface area (Å²) in [5.74, 6) is 0.789. The van der Waals surface area contributed by atoms with Crippen molar-refractivity contribution in [3.05, 3.63) is 78.3 Å². The third kappa shape index (κ3) is 3.50. The van der Waals surface area contributed by atoms with Crippen molar-refractivity contribution in [2.45, 2.75) is 13.6 Å². The van der Waals surface area contributed by atoms with Crippen molar-refractivity contribution in [3.8, 4) is 5.75 Å². The van der Waals surface area contributed by atoms with Gasteiger partial charge in [0.25, 0.3) is 5.56 Å². The van der Waals surface area contributed by atoms with Crippen molar-refractivity contribution < 1.29 is 4.74 Å². The highest BCUT2D eigenvalue weighted by molar-refractivity contribution is 7.07. The van der Waals surface area contributed by atoms with Gasteiger partial charge in [-0.05, 0) is 48.4 Å². The van der Waals surface area contributed by atoms with Gasteiger partial charge in [0.05, 0.1) is 11.6 Å². The molecule has 0 N–H and O–H groups in total. The number of benzene rings is 2. The number of hydrogen-bond acceptors (Lipinski definition) is 5.